The van der Waals surface area contributed by atoms with Crippen molar-refractivity contribution in [2.45, 2.75) is 13.0 Å². The third kappa shape index (κ3) is 3.79. The molecule has 1 aromatic carbocycles. The van der Waals surface area contributed by atoms with Crippen LogP contribution in [0.15, 0.2) is 29.1 Å². The van der Waals surface area contributed by atoms with E-state index in [0.717, 1.165) is 28.0 Å². The van der Waals surface area contributed by atoms with E-state index in [1.54, 1.807) is 0 Å². The van der Waals surface area contributed by atoms with Crippen LogP contribution >= 0.6 is 23.6 Å². The van der Waals surface area contributed by atoms with Gasteiger partial charge >= 0.3 is 5.97 Å². The average molecular weight is 354 g/mol. The van der Waals surface area contributed by atoms with Crippen molar-refractivity contribution in [3.63, 3.8) is 0 Å². The molecule has 0 saturated heterocycles. The standard InChI is InChI=1S/C13H10N2O6S2/c16-9-2-1-7(15(20)21)5-8(9)10-6-11(17)14(13(22)23-10)4-3-12(18)19/h1-2,5-6,16H,3-4H2,(H,18,19). The van der Waals surface area contributed by atoms with Gasteiger partial charge in [0.05, 0.1) is 11.3 Å². The Morgan fingerprint density at radius 2 is 2.09 bits per heavy atom. The minimum absolute atomic E-state index is 0.0648. The lowest BCUT2D eigenvalue weighted by Gasteiger charge is -2.07. The Hall–Kier alpha value is -2.59. The van der Waals surface area contributed by atoms with Crippen molar-refractivity contribution in [3.05, 3.63) is 48.7 Å². The molecule has 2 aromatic rings. The fourth-order valence-corrected chi connectivity index (χ4v) is 3.20. The second-order valence-corrected chi connectivity index (χ2v) is 6.14. The Morgan fingerprint density at radius 1 is 1.39 bits per heavy atom. The van der Waals surface area contributed by atoms with E-state index in [1.807, 2.05) is 0 Å². The minimum atomic E-state index is -1.06. The topological polar surface area (TPSA) is 123 Å². The number of carboxylic acids is 1. The number of non-ortho nitro benzene ring substituents is 1. The summed E-state index contributed by atoms with van der Waals surface area (Å²) in [7, 11) is 0. The van der Waals surface area contributed by atoms with Crippen LogP contribution in [-0.2, 0) is 11.3 Å². The lowest BCUT2D eigenvalue weighted by atomic mass is 10.1. The van der Waals surface area contributed by atoms with Crippen LogP contribution in [0.5, 0.6) is 5.75 Å². The van der Waals surface area contributed by atoms with Crippen molar-refractivity contribution < 1.29 is 19.9 Å². The van der Waals surface area contributed by atoms with E-state index in [2.05, 4.69) is 0 Å². The zero-order chi connectivity index (χ0) is 17.1. The zero-order valence-corrected chi connectivity index (χ0v) is 13.1. The van der Waals surface area contributed by atoms with Crippen LogP contribution < -0.4 is 5.56 Å². The number of phenolic OH excluding ortho intramolecular Hbond substituents is 1. The molecule has 1 heterocycles. The monoisotopic (exact) mass is 354 g/mol. The van der Waals surface area contributed by atoms with Crippen LogP contribution in [0.3, 0.4) is 0 Å². The first-order chi connectivity index (χ1) is 10.8. The molecule has 0 aliphatic heterocycles. The van der Waals surface area contributed by atoms with Gasteiger partial charge in [0.1, 0.15) is 5.75 Å². The fraction of sp³-hybridized carbons (Fsp3) is 0.154. The number of rotatable bonds is 5. The largest absolute Gasteiger partial charge is 0.507 e. The first-order valence-corrected chi connectivity index (χ1v) is 7.46. The van der Waals surface area contributed by atoms with Crippen LogP contribution in [0.25, 0.3) is 10.4 Å². The number of hydrogen-bond donors (Lipinski definition) is 2. The van der Waals surface area contributed by atoms with E-state index in [9.17, 15) is 24.8 Å². The molecule has 120 valence electrons. The highest BCUT2D eigenvalue weighted by Gasteiger charge is 2.14. The van der Waals surface area contributed by atoms with Gasteiger partial charge in [-0.2, -0.15) is 0 Å². The van der Waals surface area contributed by atoms with Crippen LogP contribution in [0, 0.1) is 14.1 Å². The van der Waals surface area contributed by atoms with E-state index in [4.69, 9.17) is 17.3 Å². The summed E-state index contributed by atoms with van der Waals surface area (Å²) >= 11 is 6.04. The van der Waals surface area contributed by atoms with E-state index < -0.39 is 16.5 Å². The summed E-state index contributed by atoms with van der Waals surface area (Å²) in [5.41, 5.74) is -0.639. The predicted molar refractivity (Wildman–Crippen MR) is 85.4 cm³/mol. The maximum atomic E-state index is 12.1. The number of phenols is 1. The lowest BCUT2D eigenvalue weighted by Crippen LogP contribution is -2.20. The summed E-state index contributed by atoms with van der Waals surface area (Å²) in [5, 5.41) is 29.3. The van der Waals surface area contributed by atoms with Gasteiger partial charge in [-0.15, -0.1) is 11.3 Å². The van der Waals surface area contributed by atoms with Gasteiger partial charge in [0.15, 0.2) is 3.95 Å². The van der Waals surface area contributed by atoms with Crippen molar-refractivity contribution in [3.8, 4) is 16.2 Å². The number of carbonyl (C=O) groups is 1. The van der Waals surface area contributed by atoms with Crippen molar-refractivity contribution in [1.82, 2.24) is 4.57 Å². The van der Waals surface area contributed by atoms with Gasteiger partial charge in [-0.1, -0.05) is 0 Å². The summed E-state index contributed by atoms with van der Waals surface area (Å²) in [6.07, 6.45) is -0.252. The van der Waals surface area contributed by atoms with Gasteiger partial charge < -0.3 is 10.2 Å². The lowest BCUT2D eigenvalue weighted by molar-refractivity contribution is -0.384. The highest BCUT2D eigenvalue weighted by Crippen LogP contribution is 2.34. The molecule has 10 heteroatoms. The summed E-state index contributed by atoms with van der Waals surface area (Å²) in [6, 6.07) is 4.63. The van der Waals surface area contributed by atoms with Crippen molar-refractivity contribution in [2.24, 2.45) is 0 Å². The quantitative estimate of drug-likeness (QED) is 0.480. The van der Waals surface area contributed by atoms with E-state index in [1.165, 1.54) is 12.1 Å². The number of aromatic nitrogens is 1. The molecule has 0 bridgehead atoms. The molecule has 2 N–H and O–H groups in total. The predicted octanol–water partition coefficient (Wildman–Crippen LogP) is 2.39. The van der Waals surface area contributed by atoms with Crippen LogP contribution in [0.1, 0.15) is 6.42 Å². The van der Waals surface area contributed by atoms with Gasteiger partial charge in [-0.3, -0.25) is 24.3 Å². The summed E-state index contributed by atoms with van der Waals surface area (Å²) in [4.78, 5) is 33.1. The maximum absolute atomic E-state index is 12.1. The Labute approximate surface area is 138 Å². The summed E-state index contributed by atoms with van der Waals surface area (Å²) in [6.45, 7) is -0.0648. The molecule has 8 nitrogen and oxygen atoms in total. The number of hydrogen-bond acceptors (Lipinski definition) is 7. The first-order valence-electron chi connectivity index (χ1n) is 6.24. The van der Waals surface area contributed by atoms with E-state index in [-0.39, 0.29) is 38.8 Å². The number of nitro benzene ring substituents is 1. The second-order valence-electron chi connectivity index (χ2n) is 4.47. The number of carboxylic acid groups (broad SMARTS) is 1. The third-order valence-corrected chi connectivity index (χ3v) is 4.37. The molecule has 0 spiro atoms. The summed E-state index contributed by atoms with van der Waals surface area (Å²) in [5.74, 6) is -1.28. The molecule has 0 amide bonds. The van der Waals surface area contributed by atoms with Crippen LogP contribution in [0.2, 0.25) is 0 Å². The molecule has 0 radical (unpaired) electrons. The number of nitro groups is 1. The Kier molecular flexibility index (Phi) is 4.86. The highest BCUT2D eigenvalue weighted by atomic mass is 32.1. The fourth-order valence-electron chi connectivity index (χ4n) is 1.84. The van der Waals surface area contributed by atoms with Gasteiger partial charge in [-0.05, 0) is 18.3 Å². The van der Waals surface area contributed by atoms with E-state index in [0.29, 0.717) is 0 Å². The molecule has 1 aromatic heterocycles. The smallest absolute Gasteiger partial charge is 0.305 e. The number of nitrogens with zero attached hydrogens (tertiary/aromatic N) is 2. The molecule has 23 heavy (non-hydrogen) atoms. The van der Waals surface area contributed by atoms with Crippen LogP contribution in [-0.4, -0.2) is 25.7 Å². The van der Waals surface area contributed by atoms with E-state index >= 15 is 0 Å². The molecule has 0 aliphatic rings. The van der Waals surface area contributed by atoms with Crippen molar-refractivity contribution in [2.75, 3.05) is 0 Å². The third-order valence-electron chi connectivity index (χ3n) is 2.94. The molecule has 0 atom stereocenters. The molecule has 0 saturated carbocycles. The molecule has 0 fully saturated rings. The molecule has 2 rings (SSSR count). The van der Waals surface area contributed by atoms with Gasteiger partial charge in [-0.25, -0.2) is 0 Å². The average Bonchev–Trinajstić information content (AvgIpc) is 2.46. The van der Waals surface area contributed by atoms with Crippen molar-refractivity contribution >= 4 is 35.2 Å². The van der Waals surface area contributed by atoms with Gasteiger partial charge in [0, 0.05) is 35.2 Å². The van der Waals surface area contributed by atoms with Gasteiger partial charge in [0.25, 0.3) is 11.2 Å². The normalized spacial score (nSPS) is 10.4. The second kappa shape index (κ2) is 6.67. The molecular formula is C13H10N2O6S2. The molecule has 0 aliphatic carbocycles. The zero-order valence-electron chi connectivity index (χ0n) is 11.5. The molecular weight excluding hydrogens is 344 g/mol. The minimum Gasteiger partial charge on any atom is -0.507 e. The SMILES string of the molecule is O=C(O)CCn1c(=O)cc(-c2cc([N+](=O)[O-])ccc2O)sc1=S. The molecule has 0 unspecified atom stereocenters. The van der Waals surface area contributed by atoms with Crippen molar-refractivity contribution in [1.29, 1.82) is 0 Å². The van der Waals surface area contributed by atoms with Crippen LogP contribution in [0.4, 0.5) is 5.69 Å². The number of benzene rings is 1. The first kappa shape index (κ1) is 16.8. The highest BCUT2D eigenvalue weighted by molar-refractivity contribution is 7.73. The summed E-state index contributed by atoms with van der Waals surface area (Å²) < 4.78 is 1.26. The maximum Gasteiger partial charge on any atom is 0.305 e. The number of aromatic hydroxyl groups is 1. The van der Waals surface area contributed by atoms with Gasteiger partial charge in [0.2, 0.25) is 0 Å². The Balaban J connectivity index is 2.52. The number of aliphatic carboxylic acids is 1. The Morgan fingerprint density at radius 3 is 2.65 bits per heavy atom. The Bertz CT molecular complexity index is 871.